The van der Waals surface area contributed by atoms with Crippen LogP contribution in [0.2, 0.25) is 0 Å². The van der Waals surface area contributed by atoms with Crippen LogP contribution in [0, 0.1) is 0 Å². The first-order valence-electron chi connectivity index (χ1n) is 6.95. The summed E-state index contributed by atoms with van der Waals surface area (Å²) in [5.41, 5.74) is -4.77. The van der Waals surface area contributed by atoms with Crippen molar-refractivity contribution in [3.05, 3.63) is 12.2 Å². The molecule has 0 amide bonds. The van der Waals surface area contributed by atoms with Crippen LogP contribution in [0.15, 0.2) is 12.2 Å². The molecule has 0 N–H and O–H groups in total. The fraction of sp³-hybridized carbons (Fsp3) is 0.692. The number of hydrogen-bond acceptors (Lipinski definition) is 5. The van der Waals surface area contributed by atoms with E-state index in [2.05, 4.69) is 20.8 Å². The van der Waals surface area contributed by atoms with E-state index in [1.54, 1.807) is 0 Å². The van der Waals surface area contributed by atoms with Gasteiger partial charge in [0.1, 0.15) is 0 Å². The smallest absolute Gasteiger partial charge is 0.432 e. The average Bonchev–Trinajstić information content (AvgIpc) is 2.89. The molecule has 5 nitrogen and oxygen atoms in total. The number of alkyl halides is 10. The van der Waals surface area contributed by atoms with E-state index in [0.717, 1.165) is 6.92 Å². The van der Waals surface area contributed by atoms with Crippen LogP contribution in [0.1, 0.15) is 19.8 Å². The van der Waals surface area contributed by atoms with E-state index in [0.29, 0.717) is 0 Å². The summed E-state index contributed by atoms with van der Waals surface area (Å²) in [7, 11) is 0. The second-order valence-electron chi connectivity index (χ2n) is 5.58. The molecule has 0 aromatic heterocycles. The second kappa shape index (κ2) is 7.08. The number of halogens is 10. The monoisotopic (exact) mass is 436 g/mol. The number of carbonyl (C=O) groups excluding carboxylic acids is 2. The van der Waals surface area contributed by atoms with Gasteiger partial charge in [-0.15, -0.1) is 0 Å². The fourth-order valence-corrected chi connectivity index (χ4v) is 1.93. The number of hydrogen-bond donors (Lipinski definition) is 0. The minimum atomic E-state index is -6.95. The molecular formula is C13H10F10O5. The molecule has 0 aromatic carbocycles. The lowest BCUT2D eigenvalue weighted by Crippen LogP contribution is -2.61. The van der Waals surface area contributed by atoms with Gasteiger partial charge in [0.15, 0.2) is 0 Å². The van der Waals surface area contributed by atoms with Crippen molar-refractivity contribution in [3.8, 4) is 0 Å². The SMILES string of the molecule is C=C(C)C(=O)OC1CCC(C(=O)OC(F)(C(F)(F)F)C(F)(F)F)(C(F)(F)F)O1. The lowest BCUT2D eigenvalue weighted by atomic mass is 9.99. The van der Waals surface area contributed by atoms with E-state index in [9.17, 15) is 53.5 Å². The summed E-state index contributed by atoms with van der Waals surface area (Å²) in [5.74, 6) is -11.4. The molecule has 28 heavy (non-hydrogen) atoms. The Bertz CT molecular complexity index is 636. The van der Waals surface area contributed by atoms with E-state index >= 15 is 0 Å². The molecule has 0 radical (unpaired) electrons. The molecule has 1 aliphatic rings. The number of rotatable bonds is 4. The molecule has 0 aliphatic carbocycles. The van der Waals surface area contributed by atoms with Crippen LogP contribution in [0.25, 0.3) is 0 Å². The fourth-order valence-electron chi connectivity index (χ4n) is 1.93. The molecule has 162 valence electrons. The molecule has 1 saturated heterocycles. The number of esters is 2. The Hall–Kier alpha value is -2.06. The molecule has 1 fully saturated rings. The molecule has 15 heteroatoms. The van der Waals surface area contributed by atoms with Crippen molar-refractivity contribution >= 4 is 11.9 Å². The van der Waals surface area contributed by atoms with E-state index in [4.69, 9.17) is 0 Å². The highest BCUT2D eigenvalue weighted by Gasteiger charge is 2.79. The summed E-state index contributed by atoms with van der Waals surface area (Å²) >= 11 is 0. The van der Waals surface area contributed by atoms with Gasteiger partial charge in [0.2, 0.25) is 6.29 Å². The maximum atomic E-state index is 13.5. The summed E-state index contributed by atoms with van der Waals surface area (Å²) in [4.78, 5) is 22.9. The lowest BCUT2D eigenvalue weighted by Gasteiger charge is -2.34. The zero-order valence-corrected chi connectivity index (χ0v) is 13.5. The molecule has 2 unspecified atom stereocenters. The Balaban J connectivity index is 3.24. The largest absolute Gasteiger partial charge is 0.470 e. The summed E-state index contributed by atoms with van der Waals surface area (Å²) < 4.78 is 139. The minimum absolute atomic E-state index is 0.340. The van der Waals surface area contributed by atoms with Crippen LogP contribution in [0.3, 0.4) is 0 Å². The van der Waals surface area contributed by atoms with Gasteiger partial charge in [-0.2, -0.15) is 43.9 Å². The van der Waals surface area contributed by atoms with Gasteiger partial charge >= 0.3 is 36.3 Å². The minimum Gasteiger partial charge on any atom is -0.432 e. The first kappa shape index (κ1) is 24.0. The number of carbonyl (C=O) groups is 2. The van der Waals surface area contributed by atoms with Crippen LogP contribution >= 0.6 is 0 Å². The van der Waals surface area contributed by atoms with Gasteiger partial charge in [-0.1, -0.05) is 6.58 Å². The molecular weight excluding hydrogens is 426 g/mol. The highest BCUT2D eigenvalue weighted by Crippen LogP contribution is 2.51. The molecule has 0 spiro atoms. The van der Waals surface area contributed by atoms with Gasteiger partial charge in [0.25, 0.3) is 5.60 Å². The normalized spacial score (nSPS) is 24.0. The first-order chi connectivity index (χ1) is 12.3. The zero-order chi connectivity index (χ0) is 22.3. The van der Waals surface area contributed by atoms with Crippen molar-refractivity contribution in [3.63, 3.8) is 0 Å². The highest BCUT2D eigenvalue weighted by atomic mass is 19.4. The van der Waals surface area contributed by atoms with Gasteiger partial charge in [-0.25, -0.2) is 9.59 Å². The molecule has 1 rings (SSSR count). The summed E-state index contributed by atoms with van der Waals surface area (Å²) in [6, 6.07) is 0. The standard InChI is InChI=1S/C13H10F10O5/c1-5(2)7(24)26-6-3-4-9(27-6,11(15,16)17)8(25)28-10(14,12(18,19)20)13(21,22)23/h6H,1,3-4H2,2H3. The molecule has 0 bridgehead atoms. The average molecular weight is 436 g/mol. The predicted molar refractivity (Wildman–Crippen MR) is 65.8 cm³/mol. The maximum Gasteiger partial charge on any atom is 0.470 e. The van der Waals surface area contributed by atoms with Crippen LogP contribution < -0.4 is 0 Å². The second-order valence-corrected chi connectivity index (χ2v) is 5.58. The van der Waals surface area contributed by atoms with Gasteiger partial charge in [-0.3, -0.25) is 0 Å². The Labute approximate surface area is 149 Å². The third kappa shape index (κ3) is 4.17. The molecule has 0 saturated carbocycles. The van der Waals surface area contributed by atoms with Crippen molar-refractivity contribution in [1.82, 2.24) is 0 Å². The molecule has 2 atom stereocenters. The van der Waals surface area contributed by atoms with Crippen molar-refractivity contribution in [2.24, 2.45) is 0 Å². The van der Waals surface area contributed by atoms with Crippen LogP contribution in [-0.4, -0.2) is 48.2 Å². The van der Waals surface area contributed by atoms with E-state index in [1.165, 1.54) is 0 Å². The Kier molecular flexibility index (Phi) is 6.06. The lowest BCUT2D eigenvalue weighted by molar-refractivity contribution is -0.422. The van der Waals surface area contributed by atoms with Gasteiger partial charge in [-0.05, 0) is 6.92 Å². The summed E-state index contributed by atoms with van der Waals surface area (Å²) in [6.07, 6.45) is -24.6. The van der Waals surface area contributed by atoms with Crippen molar-refractivity contribution in [2.75, 3.05) is 0 Å². The first-order valence-corrected chi connectivity index (χ1v) is 6.95. The Morgan fingerprint density at radius 3 is 1.82 bits per heavy atom. The highest BCUT2D eigenvalue weighted by molar-refractivity contribution is 5.87. The Morgan fingerprint density at radius 1 is 1.00 bits per heavy atom. The van der Waals surface area contributed by atoms with Gasteiger partial charge in [0.05, 0.1) is 0 Å². The van der Waals surface area contributed by atoms with Gasteiger partial charge in [0, 0.05) is 18.4 Å². The topological polar surface area (TPSA) is 61.8 Å². The van der Waals surface area contributed by atoms with E-state index in [1.807, 2.05) is 0 Å². The van der Waals surface area contributed by atoms with E-state index < -0.39 is 61.1 Å². The van der Waals surface area contributed by atoms with Crippen molar-refractivity contribution < 1.29 is 67.7 Å². The molecule has 1 aliphatic heterocycles. The van der Waals surface area contributed by atoms with Crippen LogP contribution in [-0.2, 0) is 23.8 Å². The van der Waals surface area contributed by atoms with Gasteiger partial charge < -0.3 is 14.2 Å². The van der Waals surface area contributed by atoms with Crippen molar-refractivity contribution in [2.45, 2.75) is 56.0 Å². The van der Waals surface area contributed by atoms with Crippen LogP contribution in [0.5, 0.6) is 0 Å². The third-order valence-electron chi connectivity index (χ3n) is 3.40. The quantitative estimate of drug-likeness (QED) is 0.381. The summed E-state index contributed by atoms with van der Waals surface area (Å²) in [6.45, 7) is 4.14. The maximum absolute atomic E-state index is 13.5. The summed E-state index contributed by atoms with van der Waals surface area (Å²) in [5, 5.41) is 0. The third-order valence-corrected chi connectivity index (χ3v) is 3.40. The number of ether oxygens (including phenoxy) is 3. The van der Waals surface area contributed by atoms with Crippen LogP contribution in [0.4, 0.5) is 43.9 Å². The van der Waals surface area contributed by atoms with E-state index in [-0.39, 0.29) is 5.57 Å². The zero-order valence-electron chi connectivity index (χ0n) is 13.5. The Morgan fingerprint density at radius 2 is 1.46 bits per heavy atom. The molecule has 0 aromatic rings. The molecule has 1 heterocycles. The predicted octanol–water partition coefficient (Wildman–Crippen LogP) is 3.88. The van der Waals surface area contributed by atoms with Crippen molar-refractivity contribution in [1.29, 1.82) is 0 Å².